The van der Waals surface area contributed by atoms with Crippen molar-refractivity contribution in [2.75, 3.05) is 11.9 Å². The lowest BCUT2D eigenvalue weighted by molar-refractivity contribution is -0.676. The molecule has 3 N–H and O–H groups in total. The number of hydrogen-bond acceptors (Lipinski definition) is 3. The van der Waals surface area contributed by atoms with Crippen LogP contribution >= 0.6 is 0 Å². The highest BCUT2D eigenvalue weighted by Gasteiger charge is 2.18. The fourth-order valence-electron chi connectivity index (χ4n) is 2.89. The van der Waals surface area contributed by atoms with Gasteiger partial charge in [0.2, 0.25) is 0 Å². The summed E-state index contributed by atoms with van der Waals surface area (Å²) in [5, 5.41) is 15.4. The summed E-state index contributed by atoms with van der Waals surface area (Å²) < 4.78 is 0. The second kappa shape index (κ2) is 8.73. The van der Waals surface area contributed by atoms with E-state index in [0.717, 1.165) is 11.1 Å². The Morgan fingerprint density at radius 3 is 1.89 bits per heavy atom. The van der Waals surface area contributed by atoms with Crippen molar-refractivity contribution in [3.63, 3.8) is 0 Å². The molecule has 6 nitrogen and oxygen atoms in total. The largest absolute Gasteiger partial charge is 0.328 e. The number of carbonyl (C=O) groups is 1. The van der Waals surface area contributed by atoms with Gasteiger partial charge in [0.15, 0.2) is 6.54 Å². The molecule has 0 radical (unpaired) electrons. The van der Waals surface area contributed by atoms with Crippen LogP contribution in [0.2, 0.25) is 0 Å². The topological polar surface area (TPSA) is 88.8 Å². The zero-order chi connectivity index (χ0) is 19.1. The number of nitrogens with one attached hydrogen (secondary N) is 1. The number of nitro groups is 1. The molecule has 0 heterocycles. The molecule has 0 unspecified atom stereocenters. The van der Waals surface area contributed by atoms with Crippen LogP contribution in [0.5, 0.6) is 0 Å². The van der Waals surface area contributed by atoms with E-state index in [1.165, 1.54) is 24.3 Å². The molecule has 136 valence electrons. The number of hydrogen-bond donors (Lipinski definition) is 2. The minimum atomic E-state index is -0.469. The quantitative estimate of drug-likeness (QED) is 0.500. The number of carbonyl (C=O) groups excluding carboxylic acids is 1. The van der Waals surface area contributed by atoms with Crippen LogP contribution < -0.4 is 10.6 Å². The van der Waals surface area contributed by atoms with Gasteiger partial charge in [0.05, 0.1) is 4.92 Å². The lowest BCUT2D eigenvalue weighted by Crippen LogP contribution is -2.87. The predicted octanol–water partition coefficient (Wildman–Crippen LogP) is 2.89. The van der Waals surface area contributed by atoms with E-state index in [9.17, 15) is 14.9 Å². The molecule has 0 aliphatic carbocycles. The van der Waals surface area contributed by atoms with Crippen LogP contribution in [-0.4, -0.2) is 17.4 Å². The van der Waals surface area contributed by atoms with Gasteiger partial charge in [-0.15, -0.1) is 0 Å². The molecule has 0 saturated carbocycles. The summed E-state index contributed by atoms with van der Waals surface area (Å²) in [6, 6.07) is 25.8. The molecule has 0 saturated heterocycles. The number of amides is 1. The first kappa shape index (κ1) is 18.3. The average Bonchev–Trinajstić information content (AvgIpc) is 2.70. The number of nitro benzene ring substituents is 1. The van der Waals surface area contributed by atoms with Gasteiger partial charge in [-0.05, 0) is 12.1 Å². The second-order valence-corrected chi connectivity index (χ2v) is 6.09. The molecule has 3 aromatic rings. The van der Waals surface area contributed by atoms with Gasteiger partial charge in [0.1, 0.15) is 6.04 Å². The number of rotatable bonds is 7. The van der Waals surface area contributed by atoms with Crippen LogP contribution in [0.3, 0.4) is 0 Å². The van der Waals surface area contributed by atoms with Crippen molar-refractivity contribution in [1.29, 1.82) is 0 Å². The van der Waals surface area contributed by atoms with E-state index in [1.807, 2.05) is 66.0 Å². The van der Waals surface area contributed by atoms with Crippen molar-refractivity contribution >= 4 is 17.3 Å². The Morgan fingerprint density at radius 1 is 0.889 bits per heavy atom. The van der Waals surface area contributed by atoms with Gasteiger partial charge in [-0.1, -0.05) is 60.7 Å². The molecule has 3 rings (SSSR count). The van der Waals surface area contributed by atoms with E-state index < -0.39 is 4.92 Å². The minimum absolute atomic E-state index is 0.00668. The number of nitrogens with two attached hydrogens (primary N) is 1. The van der Waals surface area contributed by atoms with E-state index in [2.05, 4.69) is 5.32 Å². The van der Waals surface area contributed by atoms with Crippen molar-refractivity contribution in [1.82, 2.24) is 0 Å². The van der Waals surface area contributed by atoms with Gasteiger partial charge in [-0.2, -0.15) is 0 Å². The highest BCUT2D eigenvalue weighted by atomic mass is 16.6. The summed E-state index contributed by atoms with van der Waals surface area (Å²) >= 11 is 0. The number of benzene rings is 3. The summed E-state index contributed by atoms with van der Waals surface area (Å²) in [7, 11) is 0. The van der Waals surface area contributed by atoms with Crippen molar-refractivity contribution in [3.05, 3.63) is 106 Å². The summed E-state index contributed by atoms with van der Waals surface area (Å²) in [5.74, 6) is -0.166. The molecule has 6 heteroatoms. The Kier molecular flexibility index (Phi) is 5.91. The van der Waals surface area contributed by atoms with Crippen molar-refractivity contribution in [2.24, 2.45) is 0 Å². The van der Waals surface area contributed by atoms with E-state index in [1.54, 1.807) is 0 Å². The third-order valence-corrected chi connectivity index (χ3v) is 4.22. The first-order valence-electron chi connectivity index (χ1n) is 8.61. The third-order valence-electron chi connectivity index (χ3n) is 4.22. The smallest absolute Gasteiger partial charge is 0.279 e. The van der Waals surface area contributed by atoms with E-state index >= 15 is 0 Å². The van der Waals surface area contributed by atoms with Crippen LogP contribution in [0.25, 0.3) is 0 Å². The van der Waals surface area contributed by atoms with E-state index in [0.29, 0.717) is 5.69 Å². The summed E-state index contributed by atoms with van der Waals surface area (Å²) in [6.07, 6.45) is 0. The molecule has 0 spiro atoms. The molecule has 0 aromatic heterocycles. The van der Waals surface area contributed by atoms with Crippen LogP contribution in [0.4, 0.5) is 11.4 Å². The van der Waals surface area contributed by atoms with Crippen LogP contribution in [0, 0.1) is 10.1 Å². The molecular weight excluding hydrogens is 342 g/mol. The Bertz CT molecular complexity index is 857. The van der Waals surface area contributed by atoms with Gasteiger partial charge in [-0.3, -0.25) is 14.9 Å². The van der Waals surface area contributed by atoms with Crippen molar-refractivity contribution < 1.29 is 15.0 Å². The normalized spacial score (nSPS) is 10.6. The SMILES string of the molecule is O=C(C[NH2+]C(c1ccccc1)c1ccccc1)Nc1ccc([N+](=O)[O-])cc1. The first-order chi connectivity index (χ1) is 13.1. The Balaban J connectivity index is 1.66. The number of quaternary nitrogens is 1. The van der Waals surface area contributed by atoms with Gasteiger partial charge < -0.3 is 10.6 Å². The predicted molar refractivity (Wildman–Crippen MR) is 103 cm³/mol. The number of non-ortho nitro benzene ring substituents is 1. The maximum atomic E-state index is 12.3. The number of anilines is 1. The van der Waals surface area contributed by atoms with Gasteiger partial charge in [0, 0.05) is 28.9 Å². The Hall–Kier alpha value is -3.51. The molecule has 0 atom stereocenters. The van der Waals surface area contributed by atoms with Gasteiger partial charge in [-0.25, -0.2) is 0 Å². The molecule has 0 bridgehead atoms. The summed E-state index contributed by atoms with van der Waals surface area (Å²) in [5.41, 5.74) is 2.77. The zero-order valence-electron chi connectivity index (χ0n) is 14.6. The second-order valence-electron chi connectivity index (χ2n) is 6.09. The highest BCUT2D eigenvalue weighted by Crippen LogP contribution is 2.18. The summed E-state index contributed by atoms with van der Waals surface area (Å²) in [6.45, 7) is 0.228. The first-order valence-corrected chi connectivity index (χ1v) is 8.61. The molecule has 0 fully saturated rings. The van der Waals surface area contributed by atoms with Gasteiger partial charge in [0.25, 0.3) is 11.6 Å². The minimum Gasteiger partial charge on any atom is -0.328 e. The molecule has 3 aromatic carbocycles. The molecule has 0 aliphatic heterocycles. The molecule has 0 aliphatic rings. The van der Waals surface area contributed by atoms with E-state index in [-0.39, 0.29) is 24.2 Å². The standard InChI is InChI=1S/C21H19N3O3/c25-20(23-18-11-13-19(14-12-18)24(26)27)15-22-21(16-7-3-1-4-8-16)17-9-5-2-6-10-17/h1-14,21-22H,15H2,(H,23,25)/p+1. The molecule has 1 amide bonds. The maximum absolute atomic E-state index is 12.3. The zero-order valence-corrected chi connectivity index (χ0v) is 14.6. The van der Waals surface area contributed by atoms with Crippen LogP contribution in [0.15, 0.2) is 84.9 Å². The Labute approximate surface area is 157 Å². The lowest BCUT2D eigenvalue weighted by Gasteiger charge is -2.16. The highest BCUT2D eigenvalue weighted by molar-refractivity contribution is 5.91. The van der Waals surface area contributed by atoms with Gasteiger partial charge >= 0.3 is 0 Å². The molecular formula is C21H20N3O3+. The third kappa shape index (κ3) is 4.99. The Morgan fingerprint density at radius 2 is 1.41 bits per heavy atom. The fraction of sp³-hybridized carbons (Fsp3) is 0.0952. The van der Waals surface area contributed by atoms with Crippen LogP contribution in [-0.2, 0) is 4.79 Å². The number of nitrogens with zero attached hydrogens (tertiary/aromatic N) is 1. The maximum Gasteiger partial charge on any atom is 0.279 e. The van der Waals surface area contributed by atoms with Crippen LogP contribution in [0.1, 0.15) is 17.2 Å². The summed E-state index contributed by atoms with van der Waals surface area (Å²) in [4.78, 5) is 22.5. The van der Waals surface area contributed by atoms with Crippen molar-refractivity contribution in [3.8, 4) is 0 Å². The van der Waals surface area contributed by atoms with E-state index in [4.69, 9.17) is 0 Å². The lowest BCUT2D eigenvalue weighted by atomic mass is 9.99. The van der Waals surface area contributed by atoms with Crippen molar-refractivity contribution in [2.45, 2.75) is 6.04 Å². The monoisotopic (exact) mass is 362 g/mol. The molecule has 27 heavy (non-hydrogen) atoms. The average molecular weight is 362 g/mol. The fourth-order valence-corrected chi connectivity index (χ4v) is 2.89.